The maximum atomic E-state index is 13.6. The number of nitrogens with two attached hydrogens (primary N) is 1. The van der Waals surface area contributed by atoms with Crippen molar-refractivity contribution < 1.29 is 97.4 Å². The number of hydrogen-bond donors (Lipinski definition) is 13. The minimum Gasteiger partial charge on any atom is -0.394 e. The zero-order chi connectivity index (χ0) is 54.2. The first-order valence-electron chi connectivity index (χ1n) is 24.9. The zero-order valence-corrected chi connectivity index (χ0v) is 42.4. The molecule has 0 radical (unpaired) electrons. The third-order valence-corrected chi connectivity index (χ3v) is 12.6. The summed E-state index contributed by atoms with van der Waals surface area (Å²) in [5.41, 5.74) is 5.35. The van der Waals surface area contributed by atoms with Crippen molar-refractivity contribution in [3.8, 4) is 0 Å². The number of aliphatic hydroxyl groups excluding tert-OH is 6. The number of carbonyl (C=O) groups is 7. The summed E-state index contributed by atoms with van der Waals surface area (Å²) in [5.74, 6) is -4.15. The van der Waals surface area contributed by atoms with Crippen molar-refractivity contribution in [1.82, 2.24) is 31.9 Å². The fourth-order valence-electron chi connectivity index (χ4n) is 8.19. The van der Waals surface area contributed by atoms with Crippen LogP contribution < -0.4 is 37.6 Å². The van der Waals surface area contributed by atoms with Gasteiger partial charge in [0.15, 0.2) is 12.6 Å². The predicted octanol–water partition coefficient (Wildman–Crippen LogP) is -5.19. The van der Waals surface area contributed by atoms with E-state index in [-0.39, 0.29) is 96.5 Å². The Bertz CT molecular complexity index is 1730. The number of ether oxygens (including phenoxy) is 7. The second-order valence-electron chi connectivity index (χ2n) is 18.7. The Hall–Kier alpha value is -4.23. The number of nitrogens with one attached hydrogen (secondary N) is 6. The first-order valence-corrected chi connectivity index (χ1v) is 24.9. The minimum absolute atomic E-state index is 0.00373. The van der Waals surface area contributed by atoms with Crippen LogP contribution in [0.2, 0.25) is 0 Å². The van der Waals surface area contributed by atoms with Crippen LogP contribution in [0.4, 0.5) is 0 Å². The predicted molar refractivity (Wildman–Crippen MR) is 253 cm³/mol. The monoisotopic (exact) mass is 1050 g/mol. The van der Waals surface area contributed by atoms with E-state index in [0.29, 0.717) is 31.6 Å². The number of carbonyl (C=O) groups excluding carboxylic acids is 7. The Morgan fingerprint density at radius 3 is 1.49 bits per heavy atom. The maximum absolute atomic E-state index is 13.6. The van der Waals surface area contributed by atoms with E-state index in [2.05, 4.69) is 45.7 Å². The van der Waals surface area contributed by atoms with E-state index < -0.39 is 128 Å². The van der Waals surface area contributed by atoms with Gasteiger partial charge in [-0.3, -0.25) is 33.6 Å². The van der Waals surface area contributed by atoms with E-state index in [1.807, 2.05) is 6.92 Å². The summed E-state index contributed by atoms with van der Waals surface area (Å²) in [6.07, 6.45) is -9.24. The Labute approximate surface area is 424 Å². The lowest BCUT2D eigenvalue weighted by molar-refractivity contribution is -0.272. The van der Waals surface area contributed by atoms with Gasteiger partial charge in [0.2, 0.25) is 41.4 Å². The van der Waals surface area contributed by atoms with Crippen molar-refractivity contribution in [2.24, 2.45) is 17.6 Å². The number of rotatable bonds is 32. The summed E-state index contributed by atoms with van der Waals surface area (Å²) < 4.78 is 39.5. The highest BCUT2D eigenvalue weighted by molar-refractivity contribution is 5.90. The van der Waals surface area contributed by atoms with Crippen LogP contribution in [0.3, 0.4) is 0 Å². The molecule has 27 heteroatoms. The normalized spacial score (nSPS) is 28.5. The highest BCUT2D eigenvalue weighted by Gasteiger charge is 2.46. The zero-order valence-electron chi connectivity index (χ0n) is 42.4. The van der Waals surface area contributed by atoms with Gasteiger partial charge in [0.05, 0.1) is 65.1 Å². The smallest absolute Gasteiger partial charge is 0.242 e. The van der Waals surface area contributed by atoms with Gasteiger partial charge >= 0.3 is 0 Å². The van der Waals surface area contributed by atoms with Crippen LogP contribution in [0.25, 0.3) is 0 Å². The van der Waals surface area contributed by atoms with Crippen LogP contribution in [0, 0.1) is 11.8 Å². The van der Waals surface area contributed by atoms with Crippen LogP contribution in [-0.2, 0) is 66.7 Å². The van der Waals surface area contributed by atoms with Crippen LogP contribution in [0.1, 0.15) is 86.0 Å². The Morgan fingerprint density at radius 1 is 0.616 bits per heavy atom. The van der Waals surface area contributed by atoms with Crippen molar-refractivity contribution in [1.29, 1.82) is 0 Å². The van der Waals surface area contributed by atoms with Gasteiger partial charge in [-0.25, -0.2) is 0 Å². The molecule has 0 aromatic rings. The fourth-order valence-corrected chi connectivity index (χ4v) is 8.19. The molecule has 6 unspecified atom stereocenters. The first kappa shape index (κ1) is 63.1. The van der Waals surface area contributed by atoms with Crippen molar-refractivity contribution in [2.45, 2.75) is 172 Å². The molecule has 1 saturated carbocycles. The summed E-state index contributed by atoms with van der Waals surface area (Å²) >= 11 is 0. The Morgan fingerprint density at radius 2 is 1.07 bits per heavy atom. The molecule has 420 valence electrons. The summed E-state index contributed by atoms with van der Waals surface area (Å²) in [7, 11) is 0. The van der Waals surface area contributed by atoms with Gasteiger partial charge in [0.25, 0.3) is 0 Å². The van der Waals surface area contributed by atoms with E-state index in [4.69, 9.17) is 38.9 Å². The SMILES string of the molecule is CC(=O)NC1C(OCCOCCNC(=O)C(CCC(N)=O)NC(=O)CCC(NC(=O)C2CCC(OC(C)C(C)C)CC2)C(=O)NCCOCCOC2O[C@H](CO)[C@H](O)[C@H](O)[C@H]2NC(C)=O)O[C@H](CO)[C@H](O)[C@@H]1O. The molecule has 3 aliphatic rings. The standard InChI is InChI=1S/C46H81N7O20/c1-24(2)25(3)71-29-8-6-28(7-9-29)42(64)53-31(44(66)49-15-17-68-19-21-70-46-37(51-27(5)57)41(63)39(61)33(23-55)73-46)11-13-35(59)52-30(10-12-34(47)58)43(65)48-14-16-67-18-20-69-45-36(50-26(4)56)40(62)38(60)32(22-54)72-45/h24-25,28-33,36-41,45-46,54-55,60-63H,6-23H2,1-5H3,(H2,47,58)(H,48,65)(H,49,66)(H,50,56)(H,51,57)(H,52,59)(H,53,64)/t25?,28?,29?,30?,31?,32-,33-,36?,37-,38+,39+,40-,41-,45?,46?/m1/s1. The lowest BCUT2D eigenvalue weighted by Crippen LogP contribution is -2.64. The largest absolute Gasteiger partial charge is 0.394 e. The summed E-state index contributed by atoms with van der Waals surface area (Å²) in [4.78, 5) is 88.8. The number of amides is 7. The number of aliphatic hydroxyl groups is 6. The van der Waals surface area contributed by atoms with Gasteiger partial charge in [-0.1, -0.05) is 13.8 Å². The Balaban J connectivity index is 1.53. The summed E-state index contributed by atoms with van der Waals surface area (Å²) in [6.45, 7) is 6.89. The van der Waals surface area contributed by atoms with Crippen molar-refractivity contribution in [2.75, 3.05) is 65.9 Å². The van der Waals surface area contributed by atoms with Crippen molar-refractivity contribution in [3.05, 3.63) is 0 Å². The van der Waals surface area contributed by atoms with E-state index in [9.17, 15) is 64.2 Å². The second kappa shape index (κ2) is 32.9. The molecule has 0 spiro atoms. The average Bonchev–Trinajstić information content (AvgIpc) is 3.34. The van der Waals surface area contributed by atoms with E-state index in [1.165, 1.54) is 13.8 Å². The Kier molecular flexibility index (Phi) is 28.5. The van der Waals surface area contributed by atoms with Crippen LogP contribution in [-0.4, -0.2) is 224 Å². The fraction of sp³-hybridized carbons (Fsp3) is 0.848. The van der Waals surface area contributed by atoms with Gasteiger partial charge in [-0.05, 0) is 51.4 Å². The molecular weight excluding hydrogens is 971 g/mol. The lowest BCUT2D eigenvalue weighted by atomic mass is 9.86. The van der Waals surface area contributed by atoms with Gasteiger partial charge in [0, 0.05) is 45.7 Å². The molecule has 14 N–H and O–H groups in total. The number of primary amides is 1. The van der Waals surface area contributed by atoms with Crippen LogP contribution in [0.15, 0.2) is 0 Å². The highest BCUT2D eigenvalue weighted by atomic mass is 16.7. The minimum atomic E-state index is -1.49. The molecular formula is C46H81N7O20. The molecule has 27 nitrogen and oxygen atoms in total. The molecule has 7 amide bonds. The summed E-state index contributed by atoms with van der Waals surface area (Å²) in [5, 5.41) is 76.0. The van der Waals surface area contributed by atoms with Gasteiger partial charge in [-0.2, -0.15) is 0 Å². The first-order chi connectivity index (χ1) is 34.7. The molecule has 3 fully saturated rings. The lowest BCUT2D eigenvalue weighted by Gasteiger charge is -2.42. The van der Waals surface area contributed by atoms with Gasteiger partial charge < -0.3 is 101 Å². The molecule has 2 saturated heterocycles. The van der Waals surface area contributed by atoms with E-state index in [1.54, 1.807) is 0 Å². The van der Waals surface area contributed by atoms with Gasteiger partial charge in [-0.15, -0.1) is 0 Å². The average molecular weight is 1050 g/mol. The number of hydrogen-bond acceptors (Lipinski definition) is 20. The third kappa shape index (κ3) is 21.9. The van der Waals surface area contributed by atoms with Crippen molar-refractivity contribution in [3.63, 3.8) is 0 Å². The highest BCUT2D eigenvalue weighted by Crippen LogP contribution is 2.29. The third-order valence-electron chi connectivity index (χ3n) is 12.6. The van der Waals surface area contributed by atoms with Crippen molar-refractivity contribution >= 4 is 41.4 Å². The van der Waals surface area contributed by atoms with Gasteiger partial charge in [0.1, 0.15) is 60.8 Å². The maximum Gasteiger partial charge on any atom is 0.242 e. The second-order valence-corrected chi connectivity index (χ2v) is 18.7. The topological polar surface area (TPSA) is 404 Å². The molecule has 0 aromatic heterocycles. The quantitative estimate of drug-likeness (QED) is 0.0280. The molecule has 2 aliphatic heterocycles. The molecule has 0 bridgehead atoms. The van der Waals surface area contributed by atoms with E-state index >= 15 is 0 Å². The van der Waals surface area contributed by atoms with Crippen LogP contribution in [0.5, 0.6) is 0 Å². The van der Waals surface area contributed by atoms with Crippen LogP contribution >= 0.6 is 0 Å². The van der Waals surface area contributed by atoms with E-state index in [0.717, 1.165) is 0 Å². The molecule has 3 rings (SSSR count). The molecule has 2 heterocycles. The molecule has 1 aliphatic carbocycles. The summed E-state index contributed by atoms with van der Waals surface area (Å²) in [6, 6.07) is -4.68. The molecule has 73 heavy (non-hydrogen) atoms. The molecule has 0 aromatic carbocycles. The molecule has 13 atom stereocenters.